The molecule has 0 aliphatic heterocycles. The molecule has 1 aromatic rings. The van der Waals surface area contributed by atoms with E-state index < -0.39 is 66.2 Å². The molecule has 0 spiro atoms. The number of primary amides is 1. The van der Waals surface area contributed by atoms with Gasteiger partial charge in [0.2, 0.25) is 29.5 Å². The number of aromatic nitrogens is 2. The zero-order chi connectivity index (χ0) is 40.5. The van der Waals surface area contributed by atoms with Crippen molar-refractivity contribution in [2.45, 2.75) is 116 Å². The zero-order valence-electron chi connectivity index (χ0n) is 30.6. The van der Waals surface area contributed by atoms with Crippen LogP contribution in [0.1, 0.15) is 97.6 Å². The molecule has 0 unspecified atom stereocenters. The molecule has 1 aromatic heterocycles. The maximum Gasteiger partial charge on any atom is 0.300 e. The van der Waals surface area contributed by atoms with Crippen LogP contribution in [0.2, 0.25) is 0 Å². The van der Waals surface area contributed by atoms with Crippen molar-refractivity contribution in [1.82, 2.24) is 31.2 Å². The highest BCUT2D eigenvalue weighted by atomic mass is 16.4. The van der Waals surface area contributed by atoms with E-state index in [2.05, 4.69) is 31.2 Å². The first-order valence-electron chi connectivity index (χ1n) is 16.8. The van der Waals surface area contributed by atoms with Gasteiger partial charge >= 0.3 is 0 Å². The number of nitrogens with two attached hydrogens (primary N) is 3. The first kappa shape index (κ1) is 51.3. The Bertz CT molecular complexity index is 1160. The van der Waals surface area contributed by atoms with E-state index in [1.54, 1.807) is 0 Å². The summed E-state index contributed by atoms with van der Waals surface area (Å²) in [7, 11) is 0. The van der Waals surface area contributed by atoms with E-state index in [0.29, 0.717) is 63.7 Å². The summed E-state index contributed by atoms with van der Waals surface area (Å²) in [6.45, 7) is 5.78. The third-order valence-corrected chi connectivity index (χ3v) is 6.27. The summed E-state index contributed by atoms with van der Waals surface area (Å²) in [4.78, 5) is 96.6. The SMILES string of the molecule is CC(=O)O.CC(=O)O.CC(=O)O.CCCCCC(=O)N[C@@H](CCCCN)C(=O)NCC(=O)N[C@@H](Cc1cnc[nH]1)C(=O)N[C@@H](CCCCN)C(N)=O. The lowest BCUT2D eigenvalue weighted by molar-refractivity contribution is -0.135. The molecule has 0 aliphatic carbocycles. The molecule has 0 fully saturated rings. The van der Waals surface area contributed by atoms with Gasteiger partial charge in [-0.05, 0) is 58.0 Å². The second kappa shape index (κ2) is 33.1. The van der Waals surface area contributed by atoms with Crippen LogP contribution < -0.4 is 38.5 Å². The largest absolute Gasteiger partial charge is 0.481 e. The lowest BCUT2D eigenvalue weighted by Crippen LogP contribution is -2.55. The monoisotopic (exact) mass is 745 g/mol. The van der Waals surface area contributed by atoms with Gasteiger partial charge < -0.3 is 58.8 Å². The number of carbonyl (C=O) groups excluding carboxylic acids is 5. The minimum atomic E-state index is -1.07. The molecule has 20 nitrogen and oxygen atoms in total. The molecule has 3 atom stereocenters. The summed E-state index contributed by atoms with van der Waals surface area (Å²) >= 11 is 0. The second-order valence-electron chi connectivity index (χ2n) is 11.3. The summed E-state index contributed by atoms with van der Waals surface area (Å²) in [6.07, 6.45) is 9.23. The molecule has 5 amide bonds. The number of nitrogens with one attached hydrogen (secondary N) is 5. The molecule has 1 rings (SSSR count). The molecule has 0 radical (unpaired) electrons. The molecule has 1 heterocycles. The molecular weight excluding hydrogens is 686 g/mol. The smallest absolute Gasteiger partial charge is 0.300 e. The van der Waals surface area contributed by atoms with Crippen LogP contribution in [0.5, 0.6) is 0 Å². The van der Waals surface area contributed by atoms with Crippen LogP contribution in [0.25, 0.3) is 0 Å². The number of nitrogens with zero attached hydrogens (tertiary/aromatic N) is 1. The lowest BCUT2D eigenvalue weighted by atomic mass is 10.1. The summed E-state index contributed by atoms with van der Waals surface area (Å²) in [5.41, 5.74) is 17.1. The highest BCUT2D eigenvalue weighted by molar-refractivity contribution is 5.94. The van der Waals surface area contributed by atoms with Gasteiger partial charge in [0.05, 0.1) is 12.9 Å². The Labute approximate surface area is 303 Å². The quantitative estimate of drug-likeness (QED) is 0.0642. The number of amides is 5. The topological polar surface area (TPSA) is 352 Å². The van der Waals surface area contributed by atoms with Crippen molar-refractivity contribution in [2.75, 3.05) is 19.6 Å². The zero-order valence-corrected chi connectivity index (χ0v) is 30.6. The Hall–Kier alpha value is -5.11. The Kier molecular flexibility index (Phi) is 32.6. The van der Waals surface area contributed by atoms with Crippen LogP contribution in [0.3, 0.4) is 0 Å². The normalized spacial score (nSPS) is 11.5. The Morgan fingerprint density at radius 2 is 1.21 bits per heavy atom. The van der Waals surface area contributed by atoms with Gasteiger partial charge in [-0.2, -0.15) is 0 Å². The third-order valence-electron chi connectivity index (χ3n) is 6.27. The van der Waals surface area contributed by atoms with E-state index in [9.17, 15) is 24.0 Å². The van der Waals surface area contributed by atoms with Gasteiger partial charge in [0.1, 0.15) is 18.1 Å². The molecule has 20 heteroatoms. The molecule has 0 bridgehead atoms. The minimum absolute atomic E-state index is 0.0648. The van der Waals surface area contributed by atoms with Gasteiger partial charge in [0, 0.05) is 45.5 Å². The van der Waals surface area contributed by atoms with E-state index in [1.807, 2.05) is 6.92 Å². The van der Waals surface area contributed by atoms with Crippen LogP contribution >= 0.6 is 0 Å². The van der Waals surface area contributed by atoms with E-state index in [1.165, 1.54) is 12.5 Å². The number of carboxylic acid groups (broad SMARTS) is 3. The molecule has 0 saturated heterocycles. The first-order valence-corrected chi connectivity index (χ1v) is 16.8. The highest BCUT2D eigenvalue weighted by Crippen LogP contribution is 2.06. The van der Waals surface area contributed by atoms with E-state index in [0.717, 1.165) is 40.0 Å². The number of rotatable bonds is 22. The van der Waals surface area contributed by atoms with Crippen molar-refractivity contribution >= 4 is 47.4 Å². The molecule has 14 N–H and O–H groups in total. The van der Waals surface area contributed by atoms with Gasteiger partial charge in [-0.25, -0.2) is 4.98 Å². The van der Waals surface area contributed by atoms with Crippen LogP contribution in [0.4, 0.5) is 0 Å². The van der Waals surface area contributed by atoms with Crippen molar-refractivity contribution in [1.29, 1.82) is 0 Å². The predicted octanol–water partition coefficient (Wildman–Crippen LogP) is -0.881. The summed E-state index contributed by atoms with van der Waals surface area (Å²) in [5.74, 6) is -5.15. The second-order valence-corrected chi connectivity index (χ2v) is 11.3. The van der Waals surface area contributed by atoms with Gasteiger partial charge in [-0.15, -0.1) is 0 Å². The van der Waals surface area contributed by atoms with Crippen molar-refractivity contribution in [3.8, 4) is 0 Å². The summed E-state index contributed by atoms with van der Waals surface area (Å²) in [6, 6.07) is -2.79. The molecule has 0 saturated carbocycles. The van der Waals surface area contributed by atoms with E-state index >= 15 is 0 Å². The van der Waals surface area contributed by atoms with Crippen LogP contribution in [-0.4, -0.2) is 110 Å². The number of unbranched alkanes of at least 4 members (excludes halogenated alkanes) is 4. The highest BCUT2D eigenvalue weighted by Gasteiger charge is 2.27. The number of hydrogen-bond donors (Lipinski definition) is 11. The Morgan fingerprint density at radius 3 is 1.65 bits per heavy atom. The van der Waals surface area contributed by atoms with Crippen LogP contribution in [0, 0.1) is 0 Å². The Balaban J connectivity index is -0.00000173. The van der Waals surface area contributed by atoms with Crippen molar-refractivity contribution < 1.29 is 53.7 Å². The van der Waals surface area contributed by atoms with Gasteiger partial charge in [-0.1, -0.05) is 19.8 Å². The van der Waals surface area contributed by atoms with Gasteiger partial charge in [0.25, 0.3) is 17.9 Å². The standard InChI is InChI=1S/C26H47N9O5.3C2H4O2/c1-2-3-4-11-22(36)33-20(10-6-8-13-28)25(39)31-16-23(37)34-21(14-18-15-30-17-32-18)26(40)35-19(24(29)38)9-5-7-12-27;3*1-2(3)4/h15,17,19-21H,2-14,16,27-28H2,1H3,(H2,29,38)(H,30,32)(H,31,39)(H,33,36)(H,34,37)(H,35,40);3*1H3,(H,3,4)/t19-,20-,21-;;;/m0.../s1. The fourth-order valence-electron chi connectivity index (χ4n) is 3.98. The number of imidazole rings is 1. The number of carboxylic acids is 3. The summed E-state index contributed by atoms with van der Waals surface area (Å²) < 4.78 is 0. The Morgan fingerprint density at radius 1 is 0.712 bits per heavy atom. The van der Waals surface area contributed by atoms with Crippen molar-refractivity contribution in [3.05, 3.63) is 18.2 Å². The molecular formula is C32H59N9O11. The number of H-pyrrole nitrogens is 1. The predicted molar refractivity (Wildman–Crippen MR) is 190 cm³/mol. The fourth-order valence-corrected chi connectivity index (χ4v) is 3.98. The van der Waals surface area contributed by atoms with Crippen molar-refractivity contribution in [2.24, 2.45) is 17.2 Å². The number of aliphatic carboxylic acids is 3. The number of hydrogen-bond acceptors (Lipinski definition) is 11. The maximum atomic E-state index is 13.0. The fraction of sp³-hybridized carbons (Fsp3) is 0.656. The lowest BCUT2D eigenvalue weighted by Gasteiger charge is -2.22. The molecule has 0 aromatic carbocycles. The molecule has 298 valence electrons. The average Bonchev–Trinajstić information content (AvgIpc) is 3.55. The molecule has 52 heavy (non-hydrogen) atoms. The van der Waals surface area contributed by atoms with Crippen LogP contribution in [0.15, 0.2) is 12.5 Å². The van der Waals surface area contributed by atoms with Gasteiger partial charge in [-0.3, -0.25) is 38.4 Å². The molecule has 0 aliphatic rings. The third kappa shape index (κ3) is 34.7. The first-order chi connectivity index (χ1) is 24.4. The summed E-state index contributed by atoms with van der Waals surface area (Å²) in [5, 5.41) is 32.7. The van der Waals surface area contributed by atoms with Crippen molar-refractivity contribution in [3.63, 3.8) is 0 Å². The maximum absolute atomic E-state index is 13.0. The van der Waals surface area contributed by atoms with Gasteiger partial charge in [0.15, 0.2) is 0 Å². The average molecular weight is 746 g/mol. The number of carbonyl (C=O) groups is 8. The number of aromatic amines is 1. The minimum Gasteiger partial charge on any atom is -0.481 e. The van der Waals surface area contributed by atoms with Crippen LogP contribution in [-0.2, 0) is 44.8 Å². The van der Waals surface area contributed by atoms with E-state index in [4.69, 9.17) is 46.9 Å². The van der Waals surface area contributed by atoms with E-state index in [-0.39, 0.29) is 12.3 Å².